The molecule has 0 N–H and O–H groups in total. The summed E-state index contributed by atoms with van der Waals surface area (Å²) in [4.78, 5) is 2.80. The first-order chi connectivity index (χ1) is 11.8. The van der Waals surface area contributed by atoms with Crippen molar-refractivity contribution in [3.8, 4) is 5.75 Å². The molecule has 2 nitrogen and oxygen atoms in total. The number of fused-ring (bicyclic) bond motifs is 1. The molecule has 1 atom stereocenters. The third-order valence-corrected chi connectivity index (χ3v) is 6.21. The van der Waals surface area contributed by atoms with Crippen LogP contribution in [-0.4, -0.2) is 31.1 Å². The maximum atomic E-state index is 5.64. The Balaban J connectivity index is 1.63. The number of rotatable bonds is 7. The molecule has 0 bridgehead atoms. The Hall–Kier alpha value is -1.02. The molecule has 1 aromatic carbocycles. The van der Waals surface area contributed by atoms with Gasteiger partial charge in [-0.1, -0.05) is 51.2 Å². The van der Waals surface area contributed by atoms with E-state index in [1.807, 2.05) is 7.11 Å². The average molecular weight is 330 g/mol. The van der Waals surface area contributed by atoms with Crippen molar-refractivity contribution < 1.29 is 4.74 Å². The molecule has 0 spiro atoms. The number of benzene rings is 1. The van der Waals surface area contributed by atoms with Gasteiger partial charge in [0.15, 0.2) is 0 Å². The highest BCUT2D eigenvalue weighted by Crippen LogP contribution is 2.32. The van der Waals surface area contributed by atoms with Crippen molar-refractivity contribution in [2.75, 3.05) is 20.2 Å². The normalized spacial score (nSPS) is 21.7. The van der Waals surface area contributed by atoms with Gasteiger partial charge < -0.3 is 9.64 Å². The van der Waals surface area contributed by atoms with Crippen molar-refractivity contribution in [2.24, 2.45) is 5.92 Å². The second kappa shape index (κ2) is 8.89. The first kappa shape index (κ1) is 17.8. The van der Waals surface area contributed by atoms with E-state index in [4.69, 9.17) is 4.74 Å². The first-order valence-corrected chi connectivity index (χ1v) is 10.2. The Labute approximate surface area is 148 Å². The SMILES string of the molecule is CCCN(CCC1CCCCC1)C1CCc2cccc(OC)c2C1. The van der Waals surface area contributed by atoms with Crippen molar-refractivity contribution in [3.05, 3.63) is 29.3 Å². The predicted molar refractivity (Wildman–Crippen MR) is 102 cm³/mol. The van der Waals surface area contributed by atoms with Crippen LogP contribution >= 0.6 is 0 Å². The molecule has 1 unspecified atom stereocenters. The molecule has 0 heterocycles. The van der Waals surface area contributed by atoms with Gasteiger partial charge in [0.05, 0.1) is 7.11 Å². The quantitative estimate of drug-likeness (QED) is 0.678. The lowest BCUT2D eigenvalue weighted by Crippen LogP contribution is -2.41. The third kappa shape index (κ3) is 4.33. The second-order valence-electron chi connectivity index (χ2n) is 7.82. The molecule has 0 radical (unpaired) electrons. The highest BCUT2D eigenvalue weighted by molar-refractivity contribution is 5.42. The van der Waals surface area contributed by atoms with Gasteiger partial charge in [0.25, 0.3) is 0 Å². The lowest BCUT2D eigenvalue weighted by Gasteiger charge is -2.36. The van der Waals surface area contributed by atoms with E-state index < -0.39 is 0 Å². The maximum Gasteiger partial charge on any atom is 0.122 e. The van der Waals surface area contributed by atoms with Gasteiger partial charge in [0, 0.05) is 6.04 Å². The van der Waals surface area contributed by atoms with Crippen molar-refractivity contribution in [3.63, 3.8) is 0 Å². The van der Waals surface area contributed by atoms with Gasteiger partial charge in [-0.3, -0.25) is 0 Å². The zero-order valence-electron chi connectivity index (χ0n) is 15.7. The van der Waals surface area contributed by atoms with Crippen molar-refractivity contribution in [1.82, 2.24) is 4.90 Å². The standard InChI is InChI=1S/C22H35NO/c1-3-15-23(16-14-18-8-5-4-6-9-18)20-13-12-19-10-7-11-22(24-2)21(19)17-20/h7,10-11,18,20H,3-6,8-9,12-17H2,1-2H3. The van der Waals surface area contributed by atoms with Crippen LogP contribution in [0, 0.1) is 5.92 Å². The highest BCUT2D eigenvalue weighted by Gasteiger charge is 2.26. The second-order valence-corrected chi connectivity index (χ2v) is 7.82. The molecule has 1 fully saturated rings. The summed E-state index contributed by atoms with van der Waals surface area (Å²) >= 11 is 0. The number of aryl methyl sites for hydroxylation is 1. The van der Waals surface area contributed by atoms with Crippen LogP contribution in [-0.2, 0) is 12.8 Å². The topological polar surface area (TPSA) is 12.5 Å². The van der Waals surface area contributed by atoms with E-state index in [1.54, 1.807) is 0 Å². The molecule has 2 aliphatic carbocycles. The monoisotopic (exact) mass is 329 g/mol. The van der Waals surface area contributed by atoms with Gasteiger partial charge in [0.2, 0.25) is 0 Å². The smallest absolute Gasteiger partial charge is 0.122 e. The fraction of sp³-hybridized carbons (Fsp3) is 0.727. The Kier molecular flexibility index (Phi) is 6.59. The van der Waals surface area contributed by atoms with Crippen molar-refractivity contribution in [1.29, 1.82) is 0 Å². The minimum absolute atomic E-state index is 0.706. The van der Waals surface area contributed by atoms with Crippen LogP contribution in [0.2, 0.25) is 0 Å². The van der Waals surface area contributed by atoms with Crippen LogP contribution in [0.25, 0.3) is 0 Å². The average Bonchev–Trinajstić information content (AvgIpc) is 2.65. The molecular weight excluding hydrogens is 294 g/mol. The van der Waals surface area contributed by atoms with E-state index >= 15 is 0 Å². The molecule has 0 saturated heterocycles. The van der Waals surface area contributed by atoms with Crippen LogP contribution in [0.3, 0.4) is 0 Å². The molecule has 134 valence electrons. The third-order valence-electron chi connectivity index (χ3n) is 6.21. The van der Waals surface area contributed by atoms with E-state index in [0.29, 0.717) is 6.04 Å². The van der Waals surface area contributed by atoms with Gasteiger partial charge in [-0.05, 0) is 68.3 Å². The molecule has 1 saturated carbocycles. The molecule has 0 aliphatic heterocycles. The van der Waals surface area contributed by atoms with Gasteiger partial charge in [-0.2, -0.15) is 0 Å². The van der Waals surface area contributed by atoms with Crippen LogP contribution in [0.1, 0.15) is 69.4 Å². The predicted octanol–water partition coefficient (Wildman–Crippen LogP) is 5.23. The number of nitrogens with zero attached hydrogens (tertiary/aromatic N) is 1. The molecule has 1 aromatic rings. The highest BCUT2D eigenvalue weighted by atomic mass is 16.5. The molecule has 2 heteroatoms. The van der Waals surface area contributed by atoms with E-state index in [0.717, 1.165) is 11.7 Å². The Morgan fingerprint density at radius 3 is 2.67 bits per heavy atom. The summed E-state index contributed by atoms with van der Waals surface area (Å²) < 4.78 is 5.64. The van der Waals surface area contributed by atoms with Crippen LogP contribution in [0.15, 0.2) is 18.2 Å². The minimum Gasteiger partial charge on any atom is -0.496 e. The molecule has 2 aliphatic rings. The number of hydrogen-bond donors (Lipinski definition) is 0. The fourth-order valence-corrected chi connectivity index (χ4v) is 4.83. The summed E-state index contributed by atoms with van der Waals surface area (Å²) in [6, 6.07) is 7.27. The van der Waals surface area contributed by atoms with Crippen LogP contribution < -0.4 is 4.74 Å². The maximum absolute atomic E-state index is 5.64. The number of hydrogen-bond acceptors (Lipinski definition) is 2. The summed E-state index contributed by atoms with van der Waals surface area (Å²) in [5, 5.41) is 0. The minimum atomic E-state index is 0.706. The van der Waals surface area contributed by atoms with E-state index in [2.05, 4.69) is 30.0 Å². The van der Waals surface area contributed by atoms with Crippen LogP contribution in [0.5, 0.6) is 5.75 Å². The summed E-state index contributed by atoms with van der Waals surface area (Å²) in [6.45, 7) is 4.88. The lowest BCUT2D eigenvalue weighted by atomic mass is 9.85. The number of ether oxygens (including phenoxy) is 1. The first-order valence-electron chi connectivity index (χ1n) is 10.2. The summed E-state index contributed by atoms with van der Waals surface area (Å²) in [6.07, 6.45) is 13.7. The van der Waals surface area contributed by atoms with E-state index in [9.17, 15) is 0 Å². The zero-order chi connectivity index (χ0) is 16.8. The van der Waals surface area contributed by atoms with Gasteiger partial charge in [-0.25, -0.2) is 0 Å². The van der Waals surface area contributed by atoms with Crippen LogP contribution in [0.4, 0.5) is 0 Å². The lowest BCUT2D eigenvalue weighted by molar-refractivity contribution is 0.159. The summed E-state index contributed by atoms with van der Waals surface area (Å²) in [5.41, 5.74) is 2.98. The van der Waals surface area contributed by atoms with Gasteiger partial charge >= 0.3 is 0 Å². The molecule has 24 heavy (non-hydrogen) atoms. The molecule has 0 amide bonds. The number of methoxy groups -OCH3 is 1. The van der Waals surface area contributed by atoms with Crippen molar-refractivity contribution in [2.45, 2.75) is 77.2 Å². The molecule has 0 aromatic heterocycles. The Morgan fingerprint density at radius 1 is 1.08 bits per heavy atom. The zero-order valence-corrected chi connectivity index (χ0v) is 15.7. The summed E-state index contributed by atoms with van der Waals surface area (Å²) in [7, 11) is 1.81. The Morgan fingerprint density at radius 2 is 1.92 bits per heavy atom. The molecular formula is C22H35NO. The summed E-state index contributed by atoms with van der Waals surface area (Å²) in [5.74, 6) is 2.09. The Bertz CT molecular complexity index is 492. The van der Waals surface area contributed by atoms with Gasteiger partial charge in [-0.15, -0.1) is 0 Å². The van der Waals surface area contributed by atoms with E-state index in [1.165, 1.54) is 88.4 Å². The van der Waals surface area contributed by atoms with E-state index in [-0.39, 0.29) is 0 Å². The van der Waals surface area contributed by atoms with Crippen molar-refractivity contribution >= 4 is 0 Å². The van der Waals surface area contributed by atoms with Gasteiger partial charge in [0.1, 0.15) is 5.75 Å². The molecule has 3 rings (SSSR count). The largest absolute Gasteiger partial charge is 0.496 e. The fourth-order valence-electron chi connectivity index (χ4n) is 4.83.